The fourth-order valence-corrected chi connectivity index (χ4v) is 8.73. The van der Waals surface area contributed by atoms with Crippen molar-refractivity contribution in [1.29, 1.82) is 0 Å². The maximum atomic E-state index is 12.7. The molecule has 3 aliphatic rings. The standard InChI is InChI=1S/C20H26O2S2/c1-2-14-6-8-18(9-7-14)22-19(21)15-12-16-4-3-5-17(13-15)20(16)23-10-11-24-20/h6-9,15-17H,2-5,10-13H2,1H3. The maximum absolute atomic E-state index is 12.7. The number of carbonyl (C=O) groups excluding carboxylic acids is 1. The molecule has 1 spiro atoms. The number of carbonyl (C=O) groups is 1. The molecule has 2 nitrogen and oxygen atoms in total. The van der Waals surface area contributed by atoms with E-state index in [9.17, 15) is 4.79 Å². The summed E-state index contributed by atoms with van der Waals surface area (Å²) in [6.07, 6.45) is 7.01. The molecule has 2 saturated carbocycles. The van der Waals surface area contributed by atoms with Gasteiger partial charge in [-0.05, 0) is 61.6 Å². The first-order valence-corrected chi connectivity index (χ1v) is 11.3. The minimum atomic E-state index is -0.000930. The zero-order valence-corrected chi connectivity index (χ0v) is 16.0. The fraction of sp³-hybridized carbons (Fsp3) is 0.650. The molecule has 1 heterocycles. The summed E-state index contributed by atoms with van der Waals surface area (Å²) < 4.78 is 6.15. The quantitative estimate of drug-likeness (QED) is 0.548. The molecule has 0 aromatic heterocycles. The monoisotopic (exact) mass is 362 g/mol. The van der Waals surface area contributed by atoms with Gasteiger partial charge in [-0.1, -0.05) is 25.5 Å². The lowest BCUT2D eigenvalue weighted by Gasteiger charge is -2.51. The number of hydrogen-bond acceptors (Lipinski definition) is 4. The van der Waals surface area contributed by atoms with Crippen molar-refractivity contribution in [3.63, 3.8) is 0 Å². The van der Waals surface area contributed by atoms with E-state index in [1.165, 1.54) is 36.3 Å². The SMILES string of the molecule is CCc1ccc(OC(=O)C2CC3CCCC(C2)C32SCCS2)cc1. The molecule has 0 N–H and O–H groups in total. The normalized spacial score (nSPS) is 31.1. The number of ether oxygens (including phenoxy) is 1. The fourth-order valence-electron chi connectivity index (χ4n) is 4.79. The summed E-state index contributed by atoms with van der Waals surface area (Å²) in [6, 6.07) is 7.98. The van der Waals surface area contributed by atoms with Crippen LogP contribution in [-0.4, -0.2) is 21.6 Å². The van der Waals surface area contributed by atoms with Crippen molar-refractivity contribution in [2.45, 2.75) is 49.5 Å². The van der Waals surface area contributed by atoms with Gasteiger partial charge in [-0.3, -0.25) is 4.79 Å². The Morgan fingerprint density at radius 2 is 1.75 bits per heavy atom. The van der Waals surface area contributed by atoms with Crippen molar-refractivity contribution in [3.8, 4) is 5.75 Å². The molecule has 0 radical (unpaired) electrons. The Hall–Kier alpha value is -0.610. The van der Waals surface area contributed by atoms with E-state index in [0.29, 0.717) is 21.7 Å². The molecular formula is C20H26O2S2. The summed E-state index contributed by atoms with van der Waals surface area (Å²) in [7, 11) is 0. The summed E-state index contributed by atoms with van der Waals surface area (Å²) in [5, 5.41) is 0. The molecule has 4 rings (SSSR count). The first-order chi connectivity index (χ1) is 11.7. The van der Waals surface area contributed by atoms with Gasteiger partial charge in [0.1, 0.15) is 5.75 Å². The molecule has 2 aliphatic carbocycles. The maximum Gasteiger partial charge on any atom is 0.314 e. The highest BCUT2D eigenvalue weighted by molar-refractivity contribution is 8.21. The molecule has 3 fully saturated rings. The number of aryl methyl sites for hydroxylation is 1. The predicted octanol–water partition coefficient (Wildman–Crippen LogP) is 5.16. The van der Waals surface area contributed by atoms with Crippen molar-refractivity contribution in [2.24, 2.45) is 17.8 Å². The minimum absolute atomic E-state index is 0.000930. The van der Waals surface area contributed by atoms with Gasteiger partial charge in [-0.2, -0.15) is 0 Å². The third-order valence-electron chi connectivity index (χ3n) is 6.00. The molecule has 24 heavy (non-hydrogen) atoms. The summed E-state index contributed by atoms with van der Waals surface area (Å²) in [5.74, 6) is 4.77. The second-order valence-corrected chi connectivity index (χ2v) is 10.3. The molecule has 4 heteroatoms. The van der Waals surface area contributed by atoms with Crippen LogP contribution in [0.5, 0.6) is 5.75 Å². The molecule has 1 aromatic rings. The summed E-state index contributed by atoms with van der Waals surface area (Å²) >= 11 is 4.38. The van der Waals surface area contributed by atoms with Crippen molar-refractivity contribution in [3.05, 3.63) is 29.8 Å². The highest BCUT2D eigenvalue weighted by Gasteiger charge is 2.55. The van der Waals surface area contributed by atoms with E-state index in [-0.39, 0.29) is 11.9 Å². The third-order valence-corrected chi connectivity index (χ3v) is 10.0. The molecule has 2 unspecified atom stereocenters. The van der Waals surface area contributed by atoms with Crippen molar-refractivity contribution >= 4 is 29.5 Å². The van der Waals surface area contributed by atoms with E-state index in [0.717, 1.165) is 19.3 Å². The van der Waals surface area contributed by atoms with Crippen molar-refractivity contribution < 1.29 is 9.53 Å². The molecule has 1 aliphatic heterocycles. The lowest BCUT2D eigenvalue weighted by molar-refractivity contribution is -0.141. The van der Waals surface area contributed by atoms with E-state index >= 15 is 0 Å². The summed E-state index contributed by atoms with van der Waals surface area (Å²) in [5.41, 5.74) is 1.28. The average Bonchev–Trinajstić information content (AvgIpc) is 3.05. The van der Waals surface area contributed by atoms with E-state index in [1.807, 2.05) is 12.1 Å². The van der Waals surface area contributed by atoms with Gasteiger partial charge in [-0.25, -0.2) is 0 Å². The van der Waals surface area contributed by atoms with E-state index in [2.05, 4.69) is 42.6 Å². The molecular weight excluding hydrogens is 336 g/mol. The molecule has 1 aromatic carbocycles. The Balaban J connectivity index is 1.44. The van der Waals surface area contributed by atoms with Gasteiger partial charge in [-0.15, -0.1) is 23.5 Å². The lowest BCUT2D eigenvalue weighted by atomic mass is 9.67. The van der Waals surface area contributed by atoms with Gasteiger partial charge in [0.2, 0.25) is 0 Å². The smallest absolute Gasteiger partial charge is 0.314 e. The predicted molar refractivity (Wildman–Crippen MR) is 103 cm³/mol. The highest BCUT2D eigenvalue weighted by Crippen LogP contribution is 2.64. The van der Waals surface area contributed by atoms with Crippen LogP contribution in [0.1, 0.15) is 44.6 Å². The topological polar surface area (TPSA) is 26.3 Å². The Bertz CT molecular complexity index is 576. The number of thioether (sulfide) groups is 2. The van der Waals surface area contributed by atoms with E-state index < -0.39 is 0 Å². The van der Waals surface area contributed by atoms with Crippen molar-refractivity contribution in [2.75, 3.05) is 11.5 Å². The van der Waals surface area contributed by atoms with Crippen LogP contribution >= 0.6 is 23.5 Å². The van der Waals surface area contributed by atoms with Crippen LogP contribution in [-0.2, 0) is 11.2 Å². The van der Waals surface area contributed by atoms with E-state index in [4.69, 9.17) is 4.74 Å². The Labute approximate surface area is 153 Å². The number of benzene rings is 1. The van der Waals surface area contributed by atoms with Gasteiger partial charge in [0.25, 0.3) is 0 Å². The Kier molecular flexibility index (Phi) is 4.88. The second kappa shape index (κ2) is 6.95. The number of hydrogen-bond donors (Lipinski definition) is 0. The summed E-state index contributed by atoms with van der Waals surface area (Å²) in [6.45, 7) is 2.14. The van der Waals surface area contributed by atoms with Gasteiger partial charge < -0.3 is 4.74 Å². The molecule has 2 bridgehead atoms. The van der Waals surface area contributed by atoms with E-state index in [1.54, 1.807) is 0 Å². The first-order valence-electron chi connectivity index (χ1n) is 9.30. The Morgan fingerprint density at radius 3 is 2.33 bits per heavy atom. The first kappa shape index (κ1) is 16.8. The van der Waals surface area contributed by atoms with Crippen LogP contribution in [0, 0.1) is 17.8 Å². The van der Waals surface area contributed by atoms with Crippen LogP contribution in [0.25, 0.3) is 0 Å². The summed E-state index contributed by atoms with van der Waals surface area (Å²) in [4.78, 5) is 12.7. The van der Waals surface area contributed by atoms with Crippen LogP contribution in [0.2, 0.25) is 0 Å². The van der Waals surface area contributed by atoms with Crippen LogP contribution < -0.4 is 4.74 Å². The van der Waals surface area contributed by atoms with Crippen molar-refractivity contribution in [1.82, 2.24) is 0 Å². The lowest BCUT2D eigenvalue weighted by Crippen LogP contribution is -2.48. The van der Waals surface area contributed by atoms with Gasteiger partial charge >= 0.3 is 5.97 Å². The molecule has 130 valence electrons. The second-order valence-electron chi connectivity index (χ2n) is 7.33. The largest absolute Gasteiger partial charge is 0.426 e. The zero-order valence-electron chi connectivity index (χ0n) is 14.3. The molecule has 1 saturated heterocycles. The zero-order chi connectivity index (χ0) is 16.6. The van der Waals surface area contributed by atoms with Crippen LogP contribution in [0.4, 0.5) is 0 Å². The van der Waals surface area contributed by atoms with Crippen LogP contribution in [0.3, 0.4) is 0 Å². The number of rotatable bonds is 3. The average molecular weight is 363 g/mol. The number of esters is 1. The Morgan fingerprint density at radius 1 is 1.12 bits per heavy atom. The minimum Gasteiger partial charge on any atom is -0.426 e. The molecule has 2 atom stereocenters. The van der Waals surface area contributed by atoms with Crippen LogP contribution in [0.15, 0.2) is 24.3 Å². The molecule has 0 amide bonds. The third kappa shape index (κ3) is 3.01. The van der Waals surface area contributed by atoms with Gasteiger partial charge in [0.15, 0.2) is 0 Å². The highest BCUT2D eigenvalue weighted by atomic mass is 32.2. The van der Waals surface area contributed by atoms with Gasteiger partial charge in [0.05, 0.1) is 10.00 Å². The van der Waals surface area contributed by atoms with Gasteiger partial charge in [0, 0.05) is 11.5 Å².